The second-order valence-corrected chi connectivity index (χ2v) is 4.41. The summed E-state index contributed by atoms with van der Waals surface area (Å²) in [5, 5.41) is 0. The number of amides is 1. The Morgan fingerprint density at radius 1 is 1.20 bits per heavy atom. The predicted octanol–water partition coefficient (Wildman–Crippen LogP) is 1.01. The van der Waals surface area contributed by atoms with Crippen LogP contribution in [0.2, 0.25) is 0 Å². The number of rotatable bonds is 8. The van der Waals surface area contributed by atoms with Gasteiger partial charge in [-0.15, -0.1) is 0 Å². The van der Waals surface area contributed by atoms with Crippen molar-refractivity contribution >= 4 is 11.6 Å². The first kappa shape index (κ1) is 16.3. The molecule has 1 rings (SSSR count). The molecule has 0 saturated carbocycles. The molecule has 0 aromatic heterocycles. The minimum Gasteiger partial charge on any atom is -0.490 e. The second kappa shape index (κ2) is 8.39. The van der Waals surface area contributed by atoms with Crippen LogP contribution in [0.25, 0.3) is 0 Å². The summed E-state index contributed by atoms with van der Waals surface area (Å²) in [5.41, 5.74) is 6.76. The van der Waals surface area contributed by atoms with Gasteiger partial charge >= 0.3 is 0 Å². The number of anilines is 1. The molecule has 20 heavy (non-hydrogen) atoms. The van der Waals surface area contributed by atoms with Crippen molar-refractivity contribution in [1.82, 2.24) is 4.90 Å². The molecule has 0 fully saturated rings. The molecule has 0 saturated heterocycles. The van der Waals surface area contributed by atoms with E-state index < -0.39 is 0 Å². The fourth-order valence-corrected chi connectivity index (χ4v) is 1.53. The summed E-state index contributed by atoms with van der Waals surface area (Å²) in [6.07, 6.45) is 0. The predicted molar refractivity (Wildman–Crippen MR) is 77.1 cm³/mol. The Balaban J connectivity index is 2.59. The minimum absolute atomic E-state index is 0.125. The van der Waals surface area contributed by atoms with Gasteiger partial charge < -0.3 is 24.8 Å². The van der Waals surface area contributed by atoms with Crippen LogP contribution in [0.1, 0.15) is 10.4 Å². The third-order valence-electron chi connectivity index (χ3n) is 2.56. The number of hydrogen-bond acceptors (Lipinski definition) is 5. The van der Waals surface area contributed by atoms with Gasteiger partial charge in [0.2, 0.25) is 0 Å². The van der Waals surface area contributed by atoms with Crippen molar-refractivity contribution in [2.24, 2.45) is 0 Å². The highest BCUT2D eigenvalue weighted by Gasteiger charge is 2.14. The van der Waals surface area contributed by atoms with E-state index in [4.69, 9.17) is 19.9 Å². The van der Waals surface area contributed by atoms with Crippen LogP contribution in [-0.2, 0) is 9.47 Å². The topological polar surface area (TPSA) is 74.0 Å². The first-order valence-corrected chi connectivity index (χ1v) is 6.37. The molecule has 6 heteroatoms. The summed E-state index contributed by atoms with van der Waals surface area (Å²) in [7, 11) is 5.00. The molecule has 0 spiro atoms. The van der Waals surface area contributed by atoms with Crippen molar-refractivity contribution in [3.63, 3.8) is 0 Å². The SMILES string of the molecule is COCCOCCOc1cc(N)ccc1C(=O)N(C)C. The molecular weight excluding hydrogens is 260 g/mol. The zero-order valence-corrected chi connectivity index (χ0v) is 12.2. The van der Waals surface area contributed by atoms with Crippen LogP contribution >= 0.6 is 0 Å². The first-order chi connectivity index (χ1) is 9.56. The van der Waals surface area contributed by atoms with Gasteiger partial charge in [-0.1, -0.05) is 0 Å². The number of ether oxygens (including phenoxy) is 3. The standard InChI is InChI=1S/C14H22N2O4/c1-16(2)14(17)12-5-4-11(15)10-13(12)20-9-8-19-7-6-18-3/h4-5,10H,6-9,15H2,1-3H3. The van der Waals surface area contributed by atoms with Crippen molar-refractivity contribution in [2.45, 2.75) is 0 Å². The number of nitrogens with two attached hydrogens (primary N) is 1. The van der Waals surface area contributed by atoms with E-state index in [1.165, 1.54) is 4.90 Å². The lowest BCUT2D eigenvalue weighted by Crippen LogP contribution is -2.23. The summed E-state index contributed by atoms with van der Waals surface area (Å²) >= 11 is 0. The zero-order valence-electron chi connectivity index (χ0n) is 12.2. The van der Waals surface area contributed by atoms with Crippen LogP contribution in [-0.4, -0.2) is 58.4 Å². The van der Waals surface area contributed by atoms with Gasteiger partial charge in [0.05, 0.1) is 25.4 Å². The number of carbonyl (C=O) groups is 1. The Morgan fingerprint density at radius 2 is 1.90 bits per heavy atom. The molecule has 0 unspecified atom stereocenters. The number of carbonyl (C=O) groups excluding carboxylic acids is 1. The molecule has 0 radical (unpaired) electrons. The fraction of sp³-hybridized carbons (Fsp3) is 0.500. The molecule has 0 aliphatic heterocycles. The Bertz CT molecular complexity index is 435. The van der Waals surface area contributed by atoms with Gasteiger partial charge in [0.1, 0.15) is 12.4 Å². The Hall–Kier alpha value is -1.79. The van der Waals surface area contributed by atoms with Crippen molar-refractivity contribution in [3.05, 3.63) is 23.8 Å². The third kappa shape index (κ3) is 5.07. The van der Waals surface area contributed by atoms with E-state index in [0.717, 1.165) is 0 Å². The van der Waals surface area contributed by atoms with Gasteiger partial charge in [-0.05, 0) is 12.1 Å². The van der Waals surface area contributed by atoms with Crippen molar-refractivity contribution in [1.29, 1.82) is 0 Å². The quantitative estimate of drug-likeness (QED) is 0.569. The summed E-state index contributed by atoms with van der Waals surface area (Å²) in [6, 6.07) is 4.99. The molecule has 1 aromatic rings. The highest BCUT2D eigenvalue weighted by atomic mass is 16.5. The van der Waals surface area contributed by atoms with E-state index in [1.54, 1.807) is 39.4 Å². The van der Waals surface area contributed by atoms with Crippen molar-refractivity contribution in [3.8, 4) is 5.75 Å². The van der Waals surface area contributed by atoms with E-state index >= 15 is 0 Å². The van der Waals surface area contributed by atoms with Crippen LogP contribution in [0, 0.1) is 0 Å². The fourth-order valence-electron chi connectivity index (χ4n) is 1.53. The maximum absolute atomic E-state index is 12.0. The van der Waals surface area contributed by atoms with Gasteiger partial charge in [0.25, 0.3) is 5.91 Å². The average Bonchev–Trinajstić information content (AvgIpc) is 2.42. The lowest BCUT2D eigenvalue weighted by atomic mass is 10.1. The zero-order chi connectivity index (χ0) is 15.0. The highest BCUT2D eigenvalue weighted by Crippen LogP contribution is 2.22. The van der Waals surface area contributed by atoms with Crippen LogP contribution < -0.4 is 10.5 Å². The molecule has 0 atom stereocenters. The summed E-state index contributed by atoms with van der Waals surface area (Å²) in [5.74, 6) is 0.347. The van der Waals surface area contributed by atoms with Gasteiger partial charge in [0, 0.05) is 33.0 Å². The number of benzene rings is 1. The van der Waals surface area contributed by atoms with Crippen LogP contribution in [0.15, 0.2) is 18.2 Å². The van der Waals surface area contributed by atoms with E-state index in [9.17, 15) is 4.79 Å². The normalized spacial score (nSPS) is 10.3. The number of nitrogens with zero attached hydrogens (tertiary/aromatic N) is 1. The molecular formula is C14H22N2O4. The smallest absolute Gasteiger partial charge is 0.257 e. The molecule has 2 N–H and O–H groups in total. The van der Waals surface area contributed by atoms with Crippen LogP contribution in [0.5, 0.6) is 5.75 Å². The van der Waals surface area contributed by atoms with Crippen molar-refractivity contribution < 1.29 is 19.0 Å². The molecule has 112 valence electrons. The minimum atomic E-state index is -0.125. The summed E-state index contributed by atoms with van der Waals surface area (Å²) in [4.78, 5) is 13.5. The monoisotopic (exact) mass is 282 g/mol. The van der Waals surface area contributed by atoms with E-state index in [0.29, 0.717) is 43.4 Å². The van der Waals surface area contributed by atoms with Gasteiger partial charge in [-0.2, -0.15) is 0 Å². The van der Waals surface area contributed by atoms with E-state index in [-0.39, 0.29) is 5.91 Å². The largest absolute Gasteiger partial charge is 0.490 e. The molecule has 0 heterocycles. The van der Waals surface area contributed by atoms with Crippen LogP contribution in [0.4, 0.5) is 5.69 Å². The molecule has 1 aromatic carbocycles. The van der Waals surface area contributed by atoms with Crippen molar-refractivity contribution in [2.75, 3.05) is 53.4 Å². The Labute approximate surface area is 119 Å². The van der Waals surface area contributed by atoms with Gasteiger partial charge in [-0.3, -0.25) is 4.79 Å². The van der Waals surface area contributed by atoms with E-state index in [1.807, 2.05) is 0 Å². The molecule has 6 nitrogen and oxygen atoms in total. The maximum Gasteiger partial charge on any atom is 0.257 e. The summed E-state index contributed by atoms with van der Waals surface area (Å²) < 4.78 is 15.7. The number of hydrogen-bond donors (Lipinski definition) is 1. The van der Waals surface area contributed by atoms with Gasteiger partial charge in [-0.25, -0.2) is 0 Å². The Morgan fingerprint density at radius 3 is 2.55 bits per heavy atom. The molecule has 0 aliphatic carbocycles. The lowest BCUT2D eigenvalue weighted by Gasteiger charge is -2.15. The number of methoxy groups -OCH3 is 1. The number of nitrogen functional groups attached to an aromatic ring is 1. The first-order valence-electron chi connectivity index (χ1n) is 6.37. The van der Waals surface area contributed by atoms with Crippen LogP contribution in [0.3, 0.4) is 0 Å². The maximum atomic E-state index is 12.0. The third-order valence-corrected chi connectivity index (χ3v) is 2.56. The molecule has 0 bridgehead atoms. The van der Waals surface area contributed by atoms with E-state index in [2.05, 4.69) is 0 Å². The average molecular weight is 282 g/mol. The Kier molecular flexibility index (Phi) is 6.83. The lowest BCUT2D eigenvalue weighted by molar-refractivity contribution is 0.0540. The second-order valence-electron chi connectivity index (χ2n) is 4.41. The summed E-state index contributed by atoms with van der Waals surface area (Å²) in [6.45, 7) is 1.83. The molecule has 0 aliphatic rings. The van der Waals surface area contributed by atoms with Gasteiger partial charge in [0.15, 0.2) is 0 Å². The molecule has 1 amide bonds. The highest BCUT2D eigenvalue weighted by molar-refractivity contribution is 5.97.